The second-order valence-corrected chi connectivity index (χ2v) is 5.84. The molecule has 1 aliphatic rings. The van der Waals surface area contributed by atoms with Gasteiger partial charge < -0.3 is 14.2 Å². The fourth-order valence-corrected chi connectivity index (χ4v) is 2.99. The molecule has 0 aliphatic carbocycles. The van der Waals surface area contributed by atoms with Gasteiger partial charge in [0.05, 0.1) is 18.4 Å². The number of benzene rings is 1. The van der Waals surface area contributed by atoms with Gasteiger partial charge in [-0.2, -0.15) is 0 Å². The minimum Gasteiger partial charge on any atom is -0.464 e. The van der Waals surface area contributed by atoms with E-state index in [0.29, 0.717) is 23.3 Å². The Morgan fingerprint density at radius 2 is 2.08 bits per heavy atom. The first-order chi connectivity index (χ1) is 12.1. The monoisotopic (exact) mass is 338 g/mol. The van der Waals surface area contributed by atoms with Crippen LogP contribution in [0.15, 0.2) is 51.7 Å². The molecule has 3 aromatic rings. The van der Waals surface area contributed by atoms with E-state index in [9.17, 15) is 14.4 Å². The van der Waals surface area contributed by atoms with Crippen LogP contribution in [-0.4, -0.2) is 17.7 Å². The first kappa shape index (κ1) is 15.2. The molecule has 25 heavy (non-hydrogen) atoms. The molecule has 1 aliphatic heterocycles. The zero-order valence-corrected chi connectivity index (χ0v) is 13.1. The Kier molecular flexibility index (Phi) is 3.61. The molecule has 126 valence electrons. The Bertz CT molecular complexity index is 971. The van der Waals surface area contributed by atoms with Gasteiger partial charge in [-0.15, -0.1) is 0 Å². The lowest BCUT2D eigenvalue weighted by Gasteiger charge is -2.19. The van der Waals surface area contributed by atoms with Crippen molar-refractivity contribution in [3.8, 4) is 0 Å². The van der Waals surface area contributed by atoms with Crippen LogP contribution in [0, 0.1) is 0 Å². The van der Waals surface area contributed by atoms with Crippen LogP contribution in [0.5, 0.6) is 0 Å². The van der Waals surface area contributed by atoms with E-state index >= 15 is 0 Å². The first-order valence-electron chi connectivity index (χ1n) is 7.81. The fourth-order valence-electron chi connectivity index (χ4n) is 2.99. The van der Waals surface area contributed by atoms with Gasteiger partial charge in [0, 0.05) is 23.1 Å². The predicted octanol–water partition coefficient (Wildman–Crippen LogP) is 2.80. The molecule has 1 saturated heterocycles. The third-order valence-electron chi connectivity index (χ3n) is 4.22. The zero-order valence-electron chi connectivity index (χ0n) is 13.1. The zero-order chi connectivity index (χ0) is 17.4. The summed E-state index contributed by atoms with van der Waals surface area (Å²) in [5.41, 5.74) is 1.87. The molecular formula is C18H14N2O5. The average Bonchev–Trinajstić information content (AvgIpc) is 3.24. The number of amides is 3. The number of carbonyl (C=O) groups is 3. The number of furan rings is 2. The number of nitrogens with one attached hydrogen (secondary N) is 2. The lowest BCUT2D eigenvalue weighted by Crippen LogP contribution is -2.39. The Labute approximate surface area is 142 Å². The number of hydrogen-bond donors (Lipinski definition) is 2. The lowest BCUT2D eigenvalue weighted by molar-refractivity contribution is -0.134. The Hall–Kier alpha value is -3.35. The van der Waals surface area contributed by atoms with Gasteiger partial charge in [0.25, 0.3) is 5.91 Å². The van der Waals surface area contributed by atoms with Crippen LogP contribution in [0.25, 0.3) is 11.0 Å². The number of fused-ring (bicyclic) bond motifs is 1. The third kappa shape index (κ3) is 2.80. The molecule has 1 unspecified atom stereocenters. The highest BCUT2D eigenvalue weighted by atomic mass is 16.3. The molecule has 4 rings (SSSR count). The summed E-state index contributed by atoms with van der Waals surface area (Å²) in [4.78, 5) is 35.5. The molecule has 0 saturated carbocycles. The number of anilines is 1. The van der Waals surface area contributed by atoms with E-state index in [1.807, 2.05) is 0 Å². The molecule has 0 radical (unpaired) electrons. The molecule has 7 heteroatoms. The predicted molar refractivity (Wildman–Crippen MR) is 88.0 cm³/mol. The normalized spacial score (nSPS) is 17.5. The molecule has 1 aromatic carbocycles. The maximum Gasteiger partial charge on any atom is 0.291 e. The SMILES string of the molecule is O=C1CCC(c2coc3ccc(NC(=O)c4ccco4)cc23)C(=O)N1. The molecule has 3 amide bonds. The van der Waals surface area contributed by atoms with Crippen molar-refractivity contribution in [3.05, 3.63) is 54.2 Å². The molecule has 3 heterocycles. The van der Waals surface area contributed by atoms with E-state index in [1.165, 1.54) is 12.5 Å². The van der Waals surface area contributed by atoms with Crippen LogP contribution < -0.4 is 10.6 Å². The highest BCUT2D eigenvalue weighted by Crippen LogP contribution is 2.33. The summed E-state index contributed by atoms with van der Waals surface area (Å²) in [6.45, 7) is 0. The van der Waals surface area contributed by atoms with Gasteiger partial charge in [-0.05, 0) is 36.8 Å². The summed E-state index contributed by atoms with van der Waals surface area (Å²) in [5.74, 6) is -1.20. The maximum absolute atomic E-state index is 12.1. The van der Waals surface area contributed by atoms with Crippen molar-refractivity contribution in [2.24, 2.45) is 0 Å². The van der Waals surface area contributed by atoms with Crippen molar-refractivity contribution < 1.29 is 23.2 Å². The van der Waals surface area contributed by atoms with E-state index < -0.39 is 5.92 Å². The van der Waals surface area contributed by atoms with Crippen molar-refractivity contribution in [3.63, 3.8) is 0 Å². The van der Waals surface area contributed by atoms with Crippen molar-refractivity contribution in [2.75, 3.05) is 5.32 Å². The van der Waals surface area contributed by atoms with Gasteiger partial charge >= 0.3 is 0 Å². The van der Waals surface area contributed by atoms with Crippen LogP contribution in [0.3, 0.4) is 0 Å². The van der Waals surface area contributed by atoms with Crippen LogP contribution in [0.1, 0.15) is 34.9 Å². The van der Waals surface area contributed by atoms with Crippen LogP contribution in [0.4, 0.5) is 5.69 Å². The second-order valence-electron chi connectivity index (χ2n) is 5.84. The molecule has 0 bridgehead atoms. The minimum atomic E-state index is -0.449. The van der Waals surface area contributed by atoms with Crippen molar-refractivity contribution in [2.45, 2.75) is 18.8 Å². The topological polar surface area (TPSA) is 102 Å². The van der Waals surface area contributed by atoms with Crippen molar-refractivity contribution >= 4 is 34.4 Å². The fraction of sp³-hybridized carbons (Fsp3) is 0.167. The van der Waals surface area contributed by atoms with Gasteiger partial charge in [-0.25, -0.2) is 0 Å². The Morgan fingerprint density at radius 3 is 2.84 bits per heavy atom. The van der Waals surface area contributed by atoms with E-state index in [2.05, 4.69) is 10.6 Å². The molecule has 2 N–H and O–H groups in total. The van der Waals surface area contributed by atoms with E-state index in [4.69, 9.17) is 8.83 Å². The van der Waals surface area contributed by atoms with Crippen LogP contribution >= 0.6 is 0 Å². The molecular weight excluding hydrogens is 324 g/mol. The van der Waals surface area contributed by atoms with Gasteiger partial charge in [0.1, 0.15) is 5.58 Å². The van der Waals surface area contributed by atoms with Crippen molar-refractivity contribution in [1.82, 2.24) is 5.32 Å². The number of hydrogen-bond acceptors (Lipinski definition) is 5. The number of carbonyl (C=O) groups excluding carboxylic acids is 3. The summed E-state index contributed by atoms with van der Waals surface area (Å²) in [5, 5.41) is 5.82. The van der Waals surface area contributed by atoms with Crippen LogP contribution in [-0.2, 0) is 9.59 Å². The summed E-state index contributed by atoms with van der Waals surface area (Å²) in [6, 6.07) is 8.39. The van der Waals surface area contributed by atoms with Gasteiger partial charge in [0.15, 0.2) is 5.76 Å². The van der Waals surface area contributed by atoms with E-state index in [1.54, 1.807) is 30.3 Å². The molecule has 1 fully saturated rings. The number of imide groups is 1. The lowest BCUT2D eigenvalue weighted by atomic mass is 9.90. The summed E-state index contributed by atoms with van der Waals surface area (Å²) >= 11 is 0. The standard InChI is InChI=1S/C18H14N2O5/c21-16-6-4-11(17(22)20-16)13-9-25-14-5-3-10(8-12(13)14)19-18(23)15-2-1-7-24-15/h1-3,5,7-9,11H,4,6H2,(H,19,23)(H,20,21,22). The number of piperidine rings is 1. The quantitative estimate of drug-likeness (QED) is 0.715. The van der Waals surface area contributed by atoms with Crippen LogP contribution in [0.2, 0.25) is 0 Å². The summed E-state index contributed by atoms with van der Waals surface area (Å²) in [7, 11) is 0. The smallest absolute Gasteiger partial charge is 0.291 e. The molecule has 7 nitrogen and oxygen atoms in total. The molecule has 0 spiro atoms. The maximum atomic E-state index is 12.1. The largest absolute Gasteiger partial charge is 0.464 e. The second kappa shape index (κ2) is 5.94. The number of rotatable bonds is 3. The van der Waals surface area contributed by atoms with E-state index in [-0.39, 0.29) is 29.9 Å². The Balaban J connectivity index is 1.65. The highest BCUT2D eigenvalue weighted by molar-refractivity contribution is 6.05. The Morgan fingerprint density at radius 1 is 1.20 bits per heavy atom. The highest BCUT2D eigenvalue weighted by Gasteiger charge is 2.30. The summed E-state index contributed by atoms with van der Waals surface area (Å²) < 4.78 is 10.6. The average molecular weight is 338 g/mol. The molecule has 2 aromatic heterocycles. The van der Waals surface area contributed by atoms with E-state index in [0.717, 1.165) is 5.39 Å². The first-order valence-corrected chi connectivity index (χ1v) is 7.81. The molecule has 1 atom stereocenters. The summed E-state index contributed by atoms with van der Waals surface area (Å²) in [6.07, 6.45) is 3.68. The van der Waals surface area contributed by atoms with Gasteiger partial charge in [-0.3, -0.25) is 19.7 Å². The minimum absolute atomic E-state index is 0.206. The third-order valence-corrected chi connectivity index (χ3v) is 4.22. The van der Waals surface area contributed by atoms with Crippen molar-refractivity contribution in [1.29, 1.82) is 0 Å². The van der Waals surface area contributed by atoms with Gasteiger partial charge in [0.2, 0.25) is 11.8 Å². The van der Waals surface area contributed by atoms with Gasteiger partial charge in [-0.1, -0.05) is 0 Å².